The van der Waals surface area contributed by atoms with Crippen molar-refractivity contribution in [3.63, 3.8) is 0 Å². The molecule has 2 aromatic heterocycles. The zero-order chi connectivity index (χ0) is 28.0. The van der Waals surface area contributed by atoms with Gasteiger partial charge in [-0.1, -0.05) is 55.3 Å². The van der Waals surface area contributed by atoms with Crippen molar-refractivity contribution >= 4 is 45.9 Å². The number of fused-ring (bicyclic) bond motifs is 1. The minimum Gasteiger partial charge on any atom is -0.397 e. The summed E-state index contributed by atoms with van der Waals surface area (Å²) in [6, 6.07) is 24.8. The van der Waals surface area contributed by atoms with E-state index in [4.69, 9.17) is 20.4 Å². The zero-order valence-corrected chi connectivity index (χ0v) is 22.6. The average molecular weight is 549 g/mol. The highest BCUT2D eigenvalue weighted by Crippen LogP contribution is 2.33. The fourth-order valence-corrected chi connectivity index (χ4v) is 5.03. The van der Waals surface area contributed by atoms with Gasteiger partial charge in [-0.05, 0) is 54.8 Å². The molecule has 0 atom stereocenters. The molecule has 1 aliphatic rings. The first kappa shape index (κ1) is 26.3. The van der Waals surface area contributed by atoms with E-state index < -0.39 is 0 Å². The molecule has 1 aliphatic carbocycles. The Kier molecular flexibility index (Phi) is 7.72. The van der Waals surface area contributed by atoms with Crippen LogP contribution in [-0.4, -0.2) is 32.2 Å². The molecule has 10 nitrogen and oxygen atoms in total. The van der Waals surface area contributed by atoms with Gasteiger partial charge in [-0.25, -0.2) is 4.98 Å². The van der Waals surface area contributed by atoms with E-state index in [1.807, 2.05) is 60.9 Å². The highest BCUT2D eigenvalue weighted by Gasteiger charge is 2.22. The Morgan fingerprint density at radius 1 is 0.951 bits per heavy atom. The Labute approximate surface area is 238 Å². The van der Waals surface area contributed by atoms with Crippen LogP contribution < -0.4 is 21.7 Å². The van der Waals surface area contributed by atoms with Crippen molar-refractivity contribution in [3.8, 4) is 0 Å². The molecule has 0 radical (unpaired) electrons. The number of hydrogen-bond donors (Lipinski definition) is 4. The van der Waals surface area contributed by atoms with E-state index in [1.54, 1.807) is 24.3 Å². The van der Waals surface area contributed by atoms with Gasteiger partial charge in [0.1, 0.15) is 6.73 Å². The van der Waals surface area contributed by atoms with Crippen molar-refractivity contribution in [2.75, 3.05) is 28.4 Å². The van der Waals surface area contributed by atoms with Crippen LogP contribution in [0.1, 0.15) is 47.6 Å². The molecule has 0 spiro atoms. The van der Waals surface area contributed by atoms with E-state index >= 15 is 0 Å². The maximum Gasteiger partial charge on any atom is 0.255 e. The van der Waals surface area contributed by atoms with Gasteiger partial charge in [-0.2, -0.15) is 9.97 Å². The molecule has 208 valence electrons. The lowest BCUT2D eigenvalue weighted by Gasteiger charge is -2.14. The van der Waals surface area contributed by atoms with E-state index in [2.05, 4.69) is 25.5 Å². The van der Waals surface area contributed by atoms with Gasteiger partial charge in [0, 0.05) is 17.3 Å². The number of imidazole rings is 1. The maximum absolute atomic E-state index is 12.6. The number of nitrogens with zero attached hydrogens (tertiary/aromatic N) is 4. The molecule has 10 heteroatoms. The lowest BCUT2D eigenvalue weighted by Crippen LogP contribution is -2.13. The summed E-state index contributed by atoms with van der Waals surface area (Å²) < 4.78 is 8.04. The predicted molar refractivity (Wildman–Crippen MR) is 161 cm³/mol. The summed E-state index contributed by atoms with van der Waals surface area (Å²) in [5.74, 6) is 0.885. The summed E-state index contributed by atoms with van der Waals surface area (Å²) in [5.41, 5.74) is 11.0. The van der Waals surface area contributed by atoms with Crippen molar-refractivity contribution in [1.82, 2.24) is 19.5 Å². The molecule has 1 fully saturated rings. The standard InChI is InChI=1S/C31H32N8O2/c32-25-12-6-7-13-26(25)36-30(40)22-16-14-21(15-17-22)18-41-20-34-31-37-28(35-23-8-2-1-3-9-23)27-29(38-31)39(19-33-27)24-10-4-5-11-24/h1-3,6-9,12-17,19,24H,4-5,10-11,18,20,32H2,(H,36,40)(H2,34,35,37,38). The van der Waals surface area contributed by atoms with Crippen molar-refractivity contribution in [1.29, 1.82) is 0 Å². The molecule has 1 saturated carbocycles. The number of benzene rings is 3. The maximum atomic E-state index is 12.6. The largest absolute Gasteiger partial charge is 0.397 e. The minimum absolute atomic E-state index is 0.212. The number of para-hydroxylation sites is 3. The van der Waals surface area contributed by atoms with Gasteiger partial charge in [0.25, 0.3) is 5.91 Å². The van der Waals surface area contributed by atoms with Crippen LogP contribution in [0.2, 0.25) is 0 Å². The summed E-state index contributed by atoms with van der Waals surface area (Å²) in [6.07, 6.45) is 6.57. The van der Waals surface area contributed by atoms with Crippen LogP contribution in [0, 0.1) is 0 Å². The minimum atomic E-state index is -0.221. The molecule has 5 aromatic rings. The van der Waals surface area contributed by atoms with E-state index in [9.17, 15) is 4.79 Å². The van der Waals surface area contributed by atoms with Gasteiger partial charge in [0.05, 0.1) is 24.3 Å². The SMILES string of the molecule is Nc1ccccc1NC(=O)c1ccc(COCNc2nc(Nc3ccccc3)c3ncn(C4CCCC4)c3n2)cc1. The van der Waals surface area contributed by atoms with Crippen LogP contribution in [0.15, 0.2) is 85.2 Å². The zero-order valence-electron chi connectivity index (χ0n) is 22.6. The second-order valence-electron chi connectivity index (χ2n) is 10.1. The third-order valence-electron chi connectivity index (χ3n) is 7.20. The number of nitrogens with two attached hydrogens (primary N) is 1. The van der Waals surface area contributed by atoms with Crippen LogP contribution in [0.3, 0.4) is 0 Å². The molecule has 5 N–H and O–H groups in total. The van der Waals surface area contributed by atoms with Crippen LogP contribution in [-0.2, 0) is 11.3 Å². The van der Waals surface area contributed by atoms with Crippen LogP contribution in [0.4, 0.5) is 28.8 Å². The van der Waals surface area contributed by atoms with Gasteiger partial charge in [0.2, 0.25) is 5.95 Å². The monoisotopic (exact) mass is 548 g/mol. The number of ether oxygens (including phenoxy) is 1. The Balaban J connectivity index is 1.10. The summed E-state index contributed by atoms with van der Waals surface area (Å²) in [7, 11) is 0. The fourth-order valence-electron chi connectivity index (χ4n) is 5.03. The molecule has 2 heterocycles. The van der Waals surface area contributed by atoms with E-state index in [0.717, 1.165) is 35.3 Å². The molecule has 3 aromatic carbocycles. The van der Waals surface area contributed by atoms with Crippen LogP contribution in [0.25, 0.3) is 11.2 Å². The van der Waals surface area contributed by atoms with Gasteiger partial charge < -0.3 is 31.0 Å². The van der Waals surface area contributed by atoms with E-state index in [0.29, 0.717) is 41.4 Å². The van der Waals surface area contributed by atoms with Gasteiger partial charge in [-0.3, -0.25) is 4.79 Å². The lowest BCUT2D eigenvalue weighted by molar-refractivity contribution is 0.102. The summed E-state index contributed by atoms with van der Waals surface area (Å²) in [6.45, 7) is 0.571. The highest BCUT2D eigenvalue weighted by molar-refractivity contribution is 6.05. The highest BCUT2D eigenvalue weighted by atomic mass is 16.5. The first-order valence-corrected chi connectivity index (χ1v) is 13.8. The van der Waals surface area contributed by atoms with Gasteiger partial charge >= 0.3 is 0 Å². The van der Waals surface area contributed by atoms with Crippen molar-refractivity contribution in [2.24, 2.45) is 0 Å². The van der Waals surface area contributed by atoms with Gasteiger partial charge in [-0.15, -0.1) is 0 Å². The summed E-state index contributed by atoms with van der Waals surface area (Å²) in [4.78, 5) is 26.8. The number of amides is 1. The van der Waals surface area contributed by atoms with Crippen molar-refractivity contribution in [3.05, 3.63) is 96.3 Å². The topological polar surface area (TPSA) is 132 Å². The summed E-state index contributed by atoms with van der Waals surface area (Å²) >= 11 is 0. The number of nitrogens with one attached hydrogen (secondary N) is 3. The number of carbonyl (C=O) groups excluding carboxylic acids is 1. The predicted octanol–water partition coefficient (Wildman–Crippen LogP) is 6.11. The molecular weight excluding hydrogens is 516 g/mol. The van der Waals surface area contributed by atoms with Crippen LogP contribution in [0.5, 0.6) is 0 Å². The third kappa shape index (κ3) is 6.12. The number of hydrogen-bond acceptors (Lipinski definition) is 8. The first-order chi connectivity index (χ1) is 20.1. The second-order valence-corrected chi connectivity index (χ2v) is 10.1. The molecular formula is C31H32N8O2. The van der Waals surface area contributed by atoms with Gasteiger partial charge in [0.15, 0.2) is 17.0 Å². The molecule has 41 heavy (non-hydrogen) atoms. The van der Waals surface area contributed by atoms with Crippen molar-refractivity contribution in [2.45, 2.75) is 38.3 Å². The molecule has 0 saturated heterocycles. The third-order valence-corrected chi connectivity index (χ3v) is 7.20. The number of carbonyl (C=O) groups is 1. The van der Waals surface area contributed by atoms with E-state index in [1.165, 1.54) is 12.8 Å². The Hall–Kier alpha value is -4.96. The smallest absolute Gasteiger partial charge is 0.255 e. The number of rotatable bonds is 10. The molecule has 0 aliphatic heterocycles. The normalized spacial score (nSPS) is 13.4. The number of aromatic nitrogens is 4. The molecule has 1 amide bonds. The Morgan fingerprint density at radius 2 is 1.71 bits per heavy atom. The number of nitrogen functional groups attached to an aromatic ring is 1. The molecule has 0 bridgehead atoms. The summed E-state index contributed by atoms with van der Waals surface area (Å²) in [5, 5.41) is 9.43. The molecule has 0 unspecified atom stereocenters. The lowest BCUT2D eigenvalue weighted by atomic mass is 10.1. The van der Waals surface area contributed by atoms with Crippen LogP contribution >= 0.6 is 0 Å². The Bertz CT molecular complexity index is 1630. The number of anilines is 5. The van der Waals surface area contributed by atoms with Crippen molar-refractivity contribution < 1.29 is 9.53 Å². The fraction of sp³-hybridized carbons (Fsp3) is 0.226. The second kappa shape index (κ2) is 12.1. The molecule has 6 rings (SSSR count). The quantitative estimate of drug-likeness (QED) is 0.0934. The Morgan fingerprint density at radius 3 is 2.49 bits per heavy atom. The average Bonchev–Trinajstić information content (AvgIpc) is 3.68. The van der Waals surface area contributed by atoms with E-state index in [-0.39, 0.29) is 12.6 Å². The first-order valence-electron chi connectivity index (χ1n) is 13.8.